The van der Waals surface area contributed by atoms with Gasteiger partial charge in [-0.15, -0.1) is 5.10 Å². The molecule has 0 aliphatic rings. The molecule has 0 unspecified atom stereocenters. The Bertz CT molecular complexity index is 729. The van der Waals surface area contributed by atoms with E-state index in [1.165, 1.54) is 12.1 Å². The second-order valence-corrected chi connectivity index (χ2v) is 5.02. The highest BCUT2D eigenvalue weighted by molar-refractivity contribution is 6.31. The second kappa shape index (κ2) is 6.49. The van der Waals surface area contributed by atoms with Crippen LogP contribution in [-0.2, 0) is 6.18 Å². The highest BCUT2D eigenvalue weighted by Gasteiger charge is 2.33. The number of nitrogens with one attached hydrogen (secondary N) is 1. The summed E-state index contributed by atoms with van der Waals surface area (Å²) in [6, 6.07) is 4.15. The van der Waals surface area contributed by atoms with Gasteiger partial charge in [-0.3, -0.25) is 0 Å². The molecule has 0 saturated carbocycles. The number of nitrogens with zero attached hydrogens (tertiary/aromatic N) is 2. The topological polar surface area (TPSA) is 56.2 Å². The molecule has 2 rings (SSSR count). The van der Waals surface area contributed by atoms with E-state index in [4.69, 9.17) is 16.3 Å². The van der Waals surface area contributed by atoms with E-state index in [0.29, 0.717) is 12.2 Å². The van der Waals surface area contributed by atoms with Crippen LogP contribution in [0.4, 0.5) is 18.0 Å². The zero-order chi connectivity index (χ0) is 17.2. The summed E-state index contributed by atoms with van der Waals surface area (Å²) in [5.74, 6) is -0.0773. The summed E-state index contributed by atoms with van der Waals surface area (Å²) in [4.78, 5) is 11.7. The average molecular weight is 348 g/mol. The average Bonchev–Trinajstić information content (AvgIpc) is 2.81. The largest absolute Gasteiger partial charge is 0.438 e. The molecule has 0 spiro atoms. The number of benzene rings is 1. The van der Waals surface area contributed by atoms with Crippen LogP contribution in [0.1, 0.15) is 18.2 Å². The molecule has 0 atom stereocenters. The Morgan fingerprint density at radius 3 is 2.70 bits per heavy atom. The van der Waals surface area contributed by atoms with Gasteiger partial charge in [0.15, 0.2) is 0 Å². The van der Waals surface area contributed by atoms with Gasteiger partial charge in [-0.05, 0) is 32.0 Å². The zero-order valence-corrected chi connectivity index (χ0v) is 13.0. The Kier molecular flexibility index (Phi) is 4.84. The molecule has 0 radical (unpaired) electrons. The lowest BCUT2D eigenvalue weighted by molar-refractivity contribution is -0.137. The number of amides is 1. The summed E-state index contributed by atoms with van der Waals surface area (Å²) < 4.78 is 44.8. The normalized spacial score (nSPS) is 11.4. The summed E-state index contributed by atoms with van der Waals surface area (Å²) in [5.41, 5.74) is -0.521. The lowest BCUT2D eigenvalue weighted by atomic mass is 10.2. The Morgan fingerprint density at radius 1 is 1.39 bits per heavy atom. The SMILES string of the molecule is CCNC(=O)n1nc(Oc2ccc(Cl)c(C(F)(F)F)c2)cc1C. The molecule has 1 aromatic carbocycles. The monoisotopic (exact) mass is 347 g/mol. The smallest absolute Gasteiger partial charge is 0.417 e. The highest BCUT2D eigenvalue weighted by Crippen LogP contribution is 2.37. The molecule has 0 aliphatic heterocycles. The Labute approximate surface area is 135 Å². The zero-order valence-electron chi connectivity index (χ0n) is 12.2. The van der Waals surface area contributed by atoms with Crippen LogP contribution < -0.4 is 10.1 Å². The first kappa shape index (κ1) is 17.1. The van der Waals surface area contributed by atoms with Crippen molar-refractivity contribution in [1.29, 1.82) is 0 Å². The first-order valence-electron chi connectivity index (χ1n) is 6.62. The molecule has 1 heterocycles. The third-order valence-electron chi connectivity index (χ3n) is 2.85. The standard InChI is InChI=1S/C14H13ClF3N3O2/c1-3-19-13(22)21-8(2)6-12(20-21)23-9-4-5-11(15)10(7-9)14(16,17)18/h4-7H,3H2,1-2H3,(H,19,22). The van der Waals surface area contributed by atoms with Crippen LogP contribution in [0.3, 0.4) is 0 Å². The molecule has 0 saturated heterocycles. The predicted octanol–water partition coefficient (Wildman–Crippen LogP) is 4.23. The van der Waals surface area contributed by atoms with Crippen LogP contribution in [0.15, 0.2) is 24.3 Å². The maximum Gasteiger partial charge on any atom is 0.417 e. The summed E-state index contributed by atoms with van der Waals surface area (Å²) in [5, 5.41) is 6.04. The van der Waals surface area contributed by atoms with Gasteiger partial charge in [0.2, 0.25) is 5.88 Å². The quantitative estimate of drug-likeness (QED) is 0.903. The molecule has 1 amide bonds. The molecule has 1 aromatic heterocycles. The van der Waals surface area contributed by atoms with E-state index >= 15 is 0 Å². The minimum atomic E-state index is -4.59. The van der Waals surface area contributed by atoms with Crippen molar-refractivity contribution in [3.8, 4) is 11.6 Å². The molecule has 0 aliphatic carbocycles. The first-order chi connectivity index (χ1) is 10.7. The second-order valence-electron chi connectivity index (χ2n) is 4.61. The molecule has 0 fully saturated rings. The van der Waals surface area contributed by atoms with E-state index in [-0.39, 0.29) is 11.6 Å². The number of aromatic nitrogens is 2. The van der Waals surface area contributed by atoms with Gasteiger partial charge in [0.05, 0.1) is 16.3 Å². The van der Waals surface area contributed by atoms with Gasteiger partial charge >= 0.3 is 12.2 Å². The van der Waals surface area contributed by atoms with Gasteiger partial charge < -0.3 is 10.1 Å². The van der Waals surface area contributed by atoms with Crippen LogP contribution in [0.5, 0.6) is 11.6 Å². The Morgan fingerprint density at radius 2 is 2.09 bits per heavy atom. The molecule has 9 heteroatoms. The fraction of sp³-hybridized carbons (Fsp3) is 0.286. The van der Waals surface area contributed by atoms with E-state index < -0.39 is 22.8 Å². The summed E-state index contributed by atoms with van der Waals surface area (Å²) >= 11 is 5.54. The number of alkyl halides is 3. The maximum absolute atomic E-state index is 12.8. The molecule has 0 bridgehead atoms. The summed E-state index contributed by atoms with van der Waals surface area (Å²) in [6.45, 7) is 3.79. The Balaban J connectivity index is 2.27. The fourth-order valence-corrected chi connectivity index (χ4v) is 2.06. The summed E-state index contributed by atoms with van der Waals surface area (Å²) in [6.07, 6.45) is -4.59. The number of carbonyl (C=O) groups excluding carboxylic acids is 1. The van der Waals surface area contributed by atoms with Crippen LogP contribution >= 0.6 is 11.6 Å². The number of ether oxygens (including phenoxy) is 1. The highest BCUT2D eigenvalue weighted by atomic mass is 35.5. The van der Waals surface area contributed by atoms with Crippen molar-refractivity contribution in [3.05, 3.63) is 40.5 Å². The van der Waals surface area contributed by atoms with E-state index in [1.54, 1.807) is 13.8 Å². The number of aryl methyl sites for hydroxylation is 1. The van der Waals surface area contributed by atoms with Crippen molar-refractivity contribution in [3.63, 3.8) is 0 Å². The van der Waals surface area contributed by atoms with E-state index in [1.807, 2.05) is 0 Å². The number of hydrogen-bond donors (Lipinski definition) is 1. The molecular weight excluding hydrogens is 335 g/mol. The van der Waals surface area contributed by atoms with Crippen LogP contribution in [0.25, 0.3) is 0 Å². The van der Waals surface area contributed by atoms with Gasteiger partial charge in [-0.2, -0.15) is 17.9 Å². The van der Waals surface area contributed by atoms with E-state index in [0.717, 1.165) is 16.8 Å². The third-order valence-corrected chi connectivity index (χ3v) is 3.18. The van der Waals surface area contributed by atoms with Crippen LogP contribution in [-0.4, -0.2) is 22.4 Å². The van der Waals surface area contributed by atoms with Crippen LogP contribution in [0.2, 0.25) is 5.02 Å². The van der Waals surface area contributed by atoms with Gasteiger partial charge in [0.1, 0.15) is 5.75 Å². The van der Waals surface area contributed by atoms with Gasteiger partial charge in [-0.25, -0.2) is 4.79 Å². The van der Waals surface area contributed by atoms with Gasteiger partial charge in [-0.1, -0.05) is 11.6 Å². The minimum Gasteiger partial charge on any atom is -0.438 e. The van der Waals surface area contributed by atoms with Crippen molar-refractivity contribution in [2.45, 2.75) is 20.0 Å². The maximum atomic E-state index is 12.8. The van der Waals surface area contributed by atoms with Gasteiger partial charge in [0, 0.05) is 12.6 Å². The number of rotatable bonds is 3. The number of hydrogen-bond acceptors (Lipinski definition) is 3. The first-order valence-corrected chi connectivity index (χ1v) is 6.99. The fourth-order valence-electron chi connectivity index (χ4n) is 1.83. The number of carbonyl (C=O) groups is 1. The van der Waals surface area contributed by atoms with Gasteiger partial charge in [0.25, 0.3) is 0 Å². The van der Waals surface area contributed by atoms with E-state index in [2.05, 4.69) is 10.4 Å². The van der Waals surface area contributed by atoms with E-state index in [9.17, 15) is 18.0 Å². The minimum absolute atomic E-state index is 0.00389. The predicted molar refractivity (Wildman–Crippen MR) is 78.0 cm³/mol. The molecule has 2 aromatic rings. The Hall–Kier alpha value is -2.22. The van der Waals surface area contributed by atoms with Crippen LogP contribution in [0, 0.1) is 6.92 Å². The van der Waals surface area contributed by atoms with Crippen molar-refractivity contribution >= 4 is 17.6 Å². The van der Waals surface area contributed by atoms with Crippen molar-refractivity contribution in [1.82, 2.24) is 15.1 Å². The number of halogens is 4. The van der Waals surface area contributed by atoms with Crippen molar-refractivity contribution in [2.75, 3.05) is 6.54 Å². The lowest BCUT2D eigenvalue weighted by Gasteiger charge is -2.10. The molecule has 5 nitrogen and oxygen atoms in total. The molecule has 1 N–H and O–H groups in total. The molecule has 124 valence electrons. The lowest BCUT2D eigenvalue weighted by Crippen LogP contribution is -2.29. The summed E-state index contributed by atoms with van der Waals surface area (Å²) in [7, 11) is 0. The molecular formula is C14H13ClF3N3O2. The third kappa shape index (κ3) is 3.95. The van der Waals surface area contributed by atoms with Crippen molar-refractivity contribution in [2.24, 2.45) is 0 Å². The molecule has 23 heavy (non-hydrogen) atoms. The van der Waals surface area contributed by atoms with Crippen molar-refractivity contribution < 1.29 is 22.7 Å².